The number of amides is 1. The number of ether oxygens (including phenoxy) is 1. The van der Waals surface area contributed by atoms with Gasteiger partial charge in [-0.3, -0.25) is 0 Å². The van der Waals surface area contributed by atoms with Crippen LogP contribution in [0.1, 0.15) is 36.9 Å². The molecule has 1 aromatic heterocycles. The van der Waals surface area contributed by atoms with Crippen molar-refractivity contribution in [2.45, 2.75) is 46.3 Å². The molecule has 5 heteroatoms. The van der Waals surface area contributed by atoms with Crippen LogP contribution in [0.25, 0.3) is 21.7 Å². The van der Waals surface area contributed by atoms with Crippen LogP contribution in [0.4, 0.5) is 4.79 Å². The normalized spacial score (nSPS) is 13.9. The third-order valence-corrected chi connectivity index (χ3v) is 6.15. The summed E-state index contributed by atoms with van der Waals surface area (Å²) in [5.74, 6) is 0. The highest BCUT2D eigenvalue weighted by Crippen LogP contribution is 2.36. The highest BCUT2D eigenvalue weighted by Gasteiger charge is 2.28. The fourth-order valence-corrected chi connectivity index (χ4v) is 4.80. The molecule has 0 saturated heterocycles. The molecule has 1 aliphatic rings. The summed E-state index contributed by atoms with van der Waals surface area (Å²) in [6.45, 7) is 9.06. The number of nitrogens with zero attached hydrogens (tertiary/aromatic N) is 2. The van der Waals surface area contributed by atoms with Crippen LogP contribution in [0.3, 0.4) is 0 Å². The summed E-state index contributed by atoms with van der Waals surface area (Å²) in [4.78, 5) is 20.3. The molecule has 2 aromatic carbocycles. The second-order valence-corrected chi connectivity index (χ2v) is 9.47. The zero-order valence-corrected chi connectivity index (χ0v) is 18.2. The maximum Gasteiger partial charge on any atom is 0.410 e. The Labute approximate surface area is 176 Å². The second kappa shape index (κ2) is 7.64. The first-order valence-electron chi connectivity index (χ1n) is 9.94. The molecule has 0 atom stereocenters. The van der Waals surface area contributed by atoms with E-state index in [0.717, 1.165) is 27.6 Å². The van der Waals surface area contributed by atoms with Crippen LogP contribution >= 0.6 is 11.3 Å². The molecule has 0 spiro atoms. The summed E-state index contributed by atoms with van der Waals surface area (Å²) in [6.07, 6.45) is 0.517. The van der Waals surface area contributed by atoms with E-state index in [9.17, 15) is 4.79 Å². The summed E-state index contributed by atoms with van der Waals surface area (Å²) < 4.78 is 5.54. The van der Waals surface area contributed by atoms with Crippen molar-refractivity contribution >= 4 is 17.4 Å². The van der Waals surface area contributed by atoms with E-state index in [2.05, 4.69) is 49.4 Å². The predicted octanol–water partition coefficient (Wildman–Crippen LogP) is 6.08. The number of hydrogen-bond donors (Lipinski definition) is 0. The summed E-state index contributed by atoms with van der Waals surface area (Å²) in [6, 6.07) is 16.8. The Morgan fingerprint density at radius 1 is 1.07 bits per heavy atom. The van der Waals surface area contributed by atoms with Crippen LogP contribution in [0, 0.1) is 6.92 Å². The summed E-state index contributed by atoms with van der Waals surface area (Å²) in [7, 11) is 0. The lowest BCUT2D eigenvalue weighted by Gasteiger charge is -2.29. The smallest absolute Gasteiger partial charge is 0.410 e. The van der Waals surface area contributed by atoms with Crippen LogP contribution in [-0.2, 0) is 17.7 Å². The minimum atomic E-state index is -0.481. The second-order valence-electron chi connectivity index (χ2n) is 8.38. The first-order chi connectivity index (χ1) is 13.8. The van der Waals surface area contributed by atoms with Crippen molar-refractivity contribution in [3.05, 3.63) is 64.7 Å². The van der Waals surface area contributed by atoms with Crippen LogP contribution < -0.4 is 0 Å². The molecule has 0 aliphatic carbocycles. The van der Waals surface area contributed by atoms with Gasteiger partial charge in [-0.15, -0.1) is 11.3 Å². The van der Waals surface area contributed by atoms with E-state index in [-0.39, 0.29) is 6.09 Å². The first-order valence-corrected chi connectivity index (χ1v) is 10.8. The number of hydrogen-bond acceptors (Lipinski definition) is 4. The maximum absolute atomic E-state index is 12.4. The molecule has 2 heterocycles. The van der Waals surface area contributed by atoms with Gasteiger partial charge in [-0.1, -0.05) is 48.5 Å². The van der Waals surface area contributed by atoms with Gasteiger partial charge >= 0.3 is 6.09 Å². The SMILES string of the molecule is Cc1c(-c2ccccc2)cccc1-c1nc2c(s1)CN(C(=O)OC(C)(C)C)CC2. The van der Waals surface area contributed by atoms with Gasteiger partial charge in [0.2, 0.25) is 0 Å². The van der Waals surface area contributed by atoms with Crippen molar-refractivity contribution in [3.63, 3.8) is 0 Å². The molecular weight excluding hydrogens is 380 g/mol. The molecule has 0 unspecified atom stereocenters. The maximum atomic E-state index is 12.4. The van der Waals surface area contributed by atoms with Gasteiger partial charge in [0.15, 0.2) is 0 Å². The van der Waals surface area contributed by atoms with Crippen molar-refractivity contribution in [3.8, 4) is 21.7 Å². The molecule has 4 nitrogen and oxygen atoms in total. The predicted molar refractivity (Wildman–Crippen MR) is 118 cm³/mol. The van der Waals surface area contributed by atoms with Gasteiger partial charge in [0, 0.05) is 23.4 Å². The lowest BCUT2D eigenvalue weighted by atomic mass is 9.97. The molecular formula is C24H26N2O2S. The summed E-state index contributed by atoms with van der Waals surface area (Å²) >= 11 is 1.69. The zero-order chi connectivity index (χ0) is 20.6. The first kappa shape index (κ1) is 19.6. The van der Waals surface area contributed by atoms with E-state index >= 15 is 0 Å². The third-order valence-electron chi connectivity index (χ3n) is 5.03. The monoisotopic (exact) mass is 406 g/mol. The molecule has 0 bridgehead atoms. The number of benzene rings is 2. The third kappa shape index (κ3) is 4.20. The minimum absolute atomic E-state index is 0.250. The van der Waals surface area contributed by atoms with Crippen molar-refractivity contribution in [1.82, 2.24) is 9.88 Å². The molecule has 29 heavy (non-hydrogen) atoms. The van der Waals surface area contributed by atoms with Crippen LogP contribution in [0.5, 0.6) is 0 Å². The van der Waals surface area contributed by atoms with Crippen LogP contribution in [-0.4, -0.2) is 28.1 Å². The molecule has 4 rings (SSSR count). The van der Waals surface area contributed by atoms with E-state index in [4.69, 9.17) is 9.72 Å². The number of carbonyl (C=O) groups excluding carboxylic acids is 1. The highest BCUT2D eigenvalue weighted by atomic mass is 32.1. The van der Waals surface area contributed by atoms with Gasteiger partial charge in [0.1, 0.15) is 10.6 Å². The standard InChI is InChI=1S/C24H26N2O2S/c1-16-18(17-9-6-5-7-10-17)11-8-12-19(16)22-25-20-13-14-26(15-21(20)29-22)23(27)28-24(2,3)4/h5-12H,13-15H2,1-4H3. The number of thiazole rings is 1. The van der Waals surface area contributed by atoms with E-state index in [1.54, 1.807) is 16.2 Å². The topological polar surface area (TPSA) is 42.4 Å². The quantitative estimate of drug-likeness (QED) is 0.518. The van der Waals surface area contributed by atoms with E-state index in [1.807, 2.05) is 26.8 Å². The molecule has 150 valence electrons. The largest absolute Gasteiger partial charge is 0.444 e. The molecule has 0 fully saturated rings. The Morgan fingerprint density at radius 2 is 1.79 bits per heavy atom. The van der Waals surface area contributed by atoms with Gasteiger partial charge < -0.3 is 9.64 Å². The average molecular weight is 407 g/mol. The zero-order valence-electron chi connectivity index (χ0n) is 17.4. The minimum Gasteiger partial charge on any atom is -0.444 e. The Morgan fingerprint density at radius 3 is 2.52 bits per heavy atom. The fourth-order valence-electron chi connectivity index (χ4n) is 3.59. The molecule has 3 aromatic rings. The van der Waals surface area contributed by atoms with E-state index in [0.29, 0.717) is 13.1 Å². The molecule has 0 N–H and O–H groups in total. The van der Waals surface area contributed by atoms with Crippen molar-refractivity contribution in [2.24, 2.45) is 0 Å². The Bertz CT molecular complexity index is 1030. The van der Waals surface area contributed by atoms with Gasteiger partial charge in [-0.25, -0.2) is 9.78 Å². The number of carbonyl (C=O) groups is 1. The number of aromatic nitrogens is 1. The number of rotatable bonds is 2. The fraction of sp³-hybridized carbons (Fsp3) is 0.333. The van der Waals surface area contributed by atoms with Crippen LogP contribution in [0.2, 0.25) is 0 Å². The average Bonchev–Trinajstić information content (AvgIpc) is 3.10. The molecule has 0 saturated carbocycles. The lowest BCUT2D eigenvalue weighted by molar-refractivity contribution is 0.0225. The van der Waals surface area contributed by atoms with Crippen LogP contribution in [0.15, 0.2) is 48.5 Å². The van der Waals surface area contributed by atoms with Crippen molar-refractivity contribution in [1.29, 1.82) is 0 Å². The van der Waals surface area contributed by atoms with Crippen molar-refractivity contribution in [2.75, 3.05) is 6.54 Å². The van der Waals surface area contributed by atoms with Gasteiger partial charge in [-0.2, -0.15) is 0 Å². The summed E-state index contributed by atoms with van der Waals surface area (Å²) in [5.41, 5.74) is 5.46. The Hall–Kier alpha value is -2.66. The molecule has 1 amide bonds. The highest BCUT2D eigenvalue weighted by molar-refractivity contribution is 7.15. The molecule has 0 radical (unpaired) electrons. The lowest BCUT2D eigenvalue weighted by Crippen LogP contribution is -2.39. The summed E-state index contributed by atoms with van der Waals surface area (Å²) in [5, 5.41) is 1.02. The van der Waals surface area contributed by atoms with Gasteiger partial charge in [-0.05, 0) is 44.4 Å². The Kier molecular flexibility index (Phi) is 5.17. The number of fused-ring (bicyclic) bond motifs is 1. The van der Waals surface area contributed by atoms with Crippen molar-refractivity contribution < 1.29 is 9.53 Å². The Balaban J connectivity index is 1.61. The van der Waals surface area contributed by atoms with E-state index in [1.165, 1.54) is 16.7 Å². The van der Waals surface area contributed by atoms with Gasteiger partial charge in [0.05, 0.1) is 12.2 Å². The van der Waals surface area contributed by atoms with Gasteiger partial charge in [0.25, 0.3) is 0 Å². The molecule has 1 aliphatic heterocycles. The van der Waals surface area contributed by atoms with E-state index < -0.39 is 5.60 Å².